The highest BCUT2D eigenvalue weighted by Gasteiger charge is 2.22. The summed E-state index contributed by atoms with van der Waals surface area (Å²) in [5.41, 5.74) is 3.10. The number of hydrogen-bond acceptors (Lipinski definition) is 4. The molecule has 0 atom stereocenters. The van der Waals surface area contributed by atoms with Gasteiger partial charge in [-0.2, -0.15) is 0 Å². The van der Waals surface area contributed by atoms with Crippen molar-refractivity contribution in [3.05, 3.63) is 65.7 Å². The first-order valence-electron chi connectivity index (χ1n) is 8.07. The van der Waals surface area contributed by atoms with Crippen LogP contribution in [0.5, 0.6) is 0 Å². The van der Waals surface area contributed by atoms with E-state index in [2.05, 4.69) is 21.5 Å². The molecule has 6 heteroatoms. The van der Waals surface area contributed by atoms with E-state index in [-0.39, 0.29) is 5.91 Å². The van der Waals surface area contributed by atoms with Crippen molar-refractivity contribution in [2.45, 2.75) is 13.3 Å². The Bertz CT molecular complexity index is 1010. The van der Waals surface area contributed by atoms with E-state index in [1.54, 1.807) is 19.1 Å². The third-order valence-corrected chi connectivity index (χ3v) is 4.20. The monoisotopic (exact) mass is 335 g/mol. The van der Waals surface area contributed by atoms with Crippen molar-refractivity contribution >= 4 is 16.8 Å². The fraction of sp³-hybridized carbons (Fsp3) is 0.158. The van der Waals surface area contributed by atoms with Crippen molar-refractivity contribution in [3.8, 4) is 11.5 Å². The van der Waals surface area contributed by atoms with Gasteiger partial charge in [-0.25, -0.2) is 0 Å². The number of para-hydroxylation sites is 1. The minimum Gasteiger partial charge on any atom is -0.463 e. The number of nitrogens with one attached hydrogen (secondary N) is 2. The molecule has 1 amide bonds. The molecule has 3 aromatic heterocycles. The Morgan fingerprint density at radius 1 is 1.24 bits per heavy atom. The number of carbonyl (C=O) groups excluding carboxylic acids is 1. The maximum absolute atomic E-state index is 12.6. The van der Waals surface area contributed by atoms with Gasteiger partial charge in [-0.05, 0) is 37.1 Å². The van der Waals surface area contributed by atoms with Crippen LogP contribution in [0, 0.1) is 6.92 Å². The van der Waals surface area contributed by atoms with Gasteiger partial charge in [0.15, 0.2) is 11.5 Å². The fourth-order valence-electron chi connectivity index (χ4n) is 2.96. The van der Waals surface area contributed by atoms with E-state index < -0.39 is 0 Å². The van der Waals surface area contributed by atoms with Gasteiger partial charge in [-0.1, -0.05) is 23.4 Å². The number of aromatic nitrogens is 2. The number of fused-ring (bicyclic) bond motifs is 1. The van der Waals surface area contributed by atoms with Crippen LogP contribution in [-0.4, -0.2) is 22.6 Å². The van der Waals surface area contributed by atoms with E-state index in [0.29, 0.717) is 29.3 Å². The second-order valence-electron chi connectivity index (χ2n) is 5.81. The van der Waals surface area contributed by atoms with Crippen molar-refractivity contribution in [1.82, 2.24) is 15.5 Å². The van der Waals surface area contributed by atoms with Crippen LogP contribution in [0.15, 0.2) is 57.8 Å². The topological polar surface area (TPSA) is 84.1 Å². The van der Waals surface area contributed by atoms with Crippen molar-refractivity contribution in [3.63, 3.8) is 0 Å². The predicted molar refractivity (Wildman–Crippen MR) is 93.3 cm³/mol. The third kappa shape index (κ3) is 2.82. The maximum atomic E-state index is 12.6. The highest BCUT2D eigenvalue weighted by molar-refractivity contribution is 6.00. The van der Waals surface area contributed by atoms with Gasteiger partial charge in [0.05, 0.1) is 6.26 Å². The molecule has 0 aliphatic carbocycles. The van der Waals surface area contributed by atoms with Gasteiger partial charge in [0, 0.05) is 23.6 Å². The van der Waals surface area contributed by atoms with Gasteiger partial charge in [-0.3, -0.25) is 4.79 Å². The molecule has 3 heterocycles. The number of rotatable bonds is 5. The lowest BCUT2D eigenvalue weighted by molar-refractivity contribution is 0.0953. The van der Waals surface area contributed by atoms with Crippen LogP contribution >= 0.6 is 0 Å². The fourth-order valence-corrected chi connectivity index (χ4v) is 2.96. The summed E-state index contributed by atoms with van der Waals surface area (Å²) in [5, 5.41) is 8.06. The summed E-state index contributed by atoms with van der Waals surface area (Å²) in [6.07, 6.45) is 4.25. The Kier molecular flexibility index (Phi) is 3.85. The van der Waals surface area contributed by atoms with E-state index in [1.807, 2.05) is 24.4 Å². The van der Waals surface area contributed by atoms with E-state index >= 15 is 0 Å². The van der Waals surface area contributed by atoms with Crippen LogP contribution in [0.25, 0.3) is 22.4 Å². The number of hydrogen-bond donors (Lipinski definition) is 2. The molecule has 25 heavy (non-hydrogen) atoms. The average molecular weight is 335 g/mol. The molecular weight excluding hydrogens is 318 g/mol. The van der Waals surface area contributed by atoms with Crippen molar-refractivity contribution in [2.24, 2.45) is 0 Å². The third-order valence-electron chi connectivity index (χ3n) is 4.20. The van der Waals surface area contributed by atoms with Crippen LogP contribution in [-0.2, 0) is 6.42 Å². The Balaban J connectivity index is 1.47. The quantitative estimate of drug-likeness (QED) is 0.582. The molecule has 4 rings (SSSR count). The molecule has 126 valence electrons. The first-order chi connectivity index (χ1) is 12.2. The molecule has 0 saturated heterocycles. The molecule has 0 bridgehead atoms. The normalized spacial score (nSPS) is 11.1. The first-order valence-corrected chi connectivity index (χ1v) is 8.07. The second kappa shape index (κ2) is 6.32. The minimum atomic E-state index is -0.218. The van der Waals surface area contributed by atoms with Crippen LogP contribution in [0.4, 0.5) is 0 Å². The summed E-state index contributed by atoms with van der Waals surface area (Å²) in [6.45, 7) is 2.23. The van der Waals surface area contributed by atoms with Crippen molar-refractivity contribution < 1.29 is 13.7 Å². The summed E-state index contributed by atoms with van der Waals surface area (Å²) >= 11 is 0. The highest BCUT2D eigenvalue weighted by atomic mass is 16.5. The lowest BCUT2D eigenvalue weighted by Gasteiger charge is -2.05. The summed E-state index contributed by atoms with van der Waals surface area (Å²) in [7, 11) is 0. The Labute approximate surface area is 143 Å². The molecule has 0 saturated carbocycles. The minimum absolute atomic E-state index is 0.218. The molecule has 0 spiro atoms. The number of amides is 1. The smallest absolute Gasteiger partial charge is 0.257 e. The van der Waals surface area contributed by atoms with Crippen LogP contribution in [0.1, 0.15) is 21.7 Å². The summed E-state index contributed by atoms with van der Waals surface area (Å²) < 4.78 is 10.5. The number of H-pyrrole nitrogens is 1. The van der Waals surface area contributed by atoms with E-state index in [1.165, 1.54) is 17.2 Å². The summed E-state index contributed by atoms with van der Waals surface area (Å²) in [6, 6.07) is 11.6. The summed E-state index contributed by atoms with van der Waals surface area (Å²) in [5.74, 6) is 0.764. The highest BCUT2D eigenvalue weighted by Crippen LogP contribution is 2.25. The molecule has 0 unspecified atom stereocenters. The molecular formula is C19H17N3O3. The molecule has 0 radical (unpaired) electrons. The van der Waals surface area contributed by atoms with Crippen LogP contribution < -0.4 is 5.32 Å². The molecule has 0 aliphatic rings. The zero-order valence-electron chi connectivity index (χ0n) is 13.7. The molecule has 6 nitrogen and oxygen atoms in total. The largest absolute Gasteiger partial charge is 0.463 e. The lowest BCUT2D eigenvalue weighted by atomic mass is 10.1. The van der Waals surface area contributed by atoms with E-state index in [0.717, 1.165) is 11.9 Å². The molecule has 0 aliphatic heterocycles. The van der Waals surface area contributed by atoms with Crippen LogP contribution in [0.2, 0.25) is 0 Å². The maximum Gasteiger partial charge on any atom is 0.257 e. The number of carbonyl (C=O) groups is 1. The van der Waals surface area contributed by atoms with Gasteiger partial charge in [0.1, 0.15) is 11.3 Å². The zero-order chi connectivity index (χ0) is 17.2. The number of nitrogens with zero attached hydrogens (tertiary/aromatic N) is 1. The van der Waals surface area contributed by atoms with E-state index in [9.17, 15) is 4.79 Å². The Morgan fingerprint density at radius 3 is 2.96 bits per heavy atom. The zero-order valence-corrected chi connectivity index (χ0v) is 13.7. The van der Waals surface area contributed by atoms with Crippen molar-refractivity contribution in [2.75, 3.05) is 6.54 Å². The molecule has 2 N–H and O–H groups in total. The van der Waals surface area contributed by atoms with Gasteiger partial charge in [0.25, 0.3) is 5.91 Å². The number of aromatic amines is 1. The first kappa shape index (κ1) is 15.3. The average Bonchev–Trinajstić information content (AvgIpc) is 3.34. The molecule has 1 aromatic carbocycles. The number of aryl methyl sites for hydroxylation is 1. The van der Waals surface area contributed by atoms with Gasteiger partial charge in [-0.15, -0.1) is 0 Å². The standard InChI is InChI=1S/C19H17N3O3/c1-12-17(18(22-25-12)16-7-4-10-24-16)19(23)20-9-8-13-11-21-15-6-3-2-5-14(13)15/h2-7,10-11,21H,8-9H2,1H3,(H,20,23). The Hall–Kier alpha value is -3.28. The van der Waals surface area contributed by atoms with Gasteiger partial charge in [0.2, 0.25) is 0 Å². The lowest BCUT2D eigenvalue weighted by Crippen LogP contribution is -2.26. The SMILES string of the molecule is Cc1onc(-c2ccco2)c1C(=O)NCCc1c[nH]c2ccccc12. The van der Waals surface area contributed by atoms with E-state index in [4.69, 9.17) is 8.94 Å². The second-order valence-corrected chi connectivity index (χ2v) is 5.81. The molecule has 4 aromatic rings. The number of furan rings is 1. The van der Waals surface area contributed by atoms with Crippen LogP contribution in [0.3, 0.4) is 0 Å². The Morgan fingerprint density at radius 2 is 2.12 bits per heavy atom. The van der Waals surface area contributed by atoms with Gasteiger partial charge >= 0.3 is 0 Å². The molecule has 0 fully saturated rings. The number of benzene rings is 1. The predicted octanol–water partition coefficient (Wildman–Crippen LogP) is 3.70. The summed E-state index contributed by atoms with van der Waals surface area (Å²) in [4.78, 5) is 15.8. The van der Waals surface area contributed by atoms with Gasteiger partial charge < -0.3 is 19.2 Å². The van der Waals surface area contributed by atoms with Crippen molar-refractivity contribution in [1.29, 1.82) is 0 Å².